The Hall–Kier alpha value is -4.11. The minimum atomic E-state index is -1.27. The summed E-state index contributed by atoms with van der Waals surface area (Å²) in [4.78, 5) is 45.5. The van der Waals surface area contributed by atoms with E-state index in [1.165, 1.54) is 14.0 Å². The number of unbranched alkanes of at least 4 members (excludes halogenated alkanes) is 1. The lowest BCUT2D eigenvalue weighted by Crippen LogP contribution is -2.64. The van der Waals surface area contributed by atoms with Crippen LogP contribution in [-0.2, 0) is 46.4 Å². The van der Waals surface area contributed by atoms with Crippen LogP contribution in [0.1, 0.15) is 79.8 Å². The SMILES string of the molecule is CC[C@H]1OC(=O)[C@H](C)C(=O)[C@H](C)[C@@H](O[C@@H]2OC[C@@H](O)[C@@H](N(C)C)[C@H]2O)[C@@](C)(OC)C[C@@H](C)N[C@H](C)[C@H]2N(CCCCn3cc(Cn4nnc5ccccc54)nn3)C(=O)O[C@]12C. The summed E-state index contributed by atoms with van der Waals surface area (Å²) in [6.45, 7) is 13.9. The van der Waals surface area contributed by atoms with Crippen LogP contribution in [0.25, 0.3) is 11.0 Å². The number of benzene rings is 1. The minimum absolute atomic E-state index is 0.0958. The first kappa shape index (κ1) is 46.4. The second-order valence-corrected chi connectivity index (χ2v) is 17.7. The third-order valence-corrected chi connectivity index (χ3v) is 12.9. The Kier molecular flexibility index (Phi) is 14.5. The van der Waals surface area contributed by atoms with Crippen molar-refractivity contribution in [1.82, 2.24) is 45.1 Å². The first-order valence-electron chi connectivity index (χ1n) is 21.4. The van der Waals surface area contributed by atoms with Crippen LogP contribution in [0.3, 0.4) is 0 Å². The first-order valence-corrected chi connectivity index (χ1v) is 21.4. The summed E-state index contributed by atoms with van der Waals surface area (Å²) >= 11 is 0. The first-order chi connectivity index (χ1) is 28.9. The number of aliphatic hydroxyl groups excluding tert-OH is 2. The highest BCUT2D eigenvalue weighted by atomic mass is 16.7. The molecule has 3 N–H and O–H groups in total. The van der Waals surface area contributed by atoms with Crippen molar-refractivity contribution < 1.29 is 48.3 Å². The number of aliphatic hydroxyl groups is 2. The van der Waals surface area contributed by atoms with Crippen molar-refractivity contribution in [3.63, 3.8) is 0 Å². The number of nitrogens with zero attached hydrogens (tertiary/aromatic N) is 8. The molecular formula is C42H65N9O10. The zero-order chi connectivity index (χ0) is 44.4. The predicted molar refractivity (Wildman–Crippen MR) is 221 cm³/mol. The van der Waals surface area contributed by atoms with Crippen molar-refractivity contribution in [2.45, 2.75) is 153 Å². The maximum Gasteiger partial charge on any atom is 0.410 e. The standard InChI is InChI=1S/C42H65N9O10/c1-11-32-42(7)36(50(40(56)61-42)19-15-14-18-49-21-28(44-46-49)22-51-30-17-13-12-16-29(30)45-47-51)27(5)43-24(2)20-41(6,57-10)37(25(3)34(53)26(4)38(55)59-32)60-39-35(54)33(48(8)9)31(52)23-58-39/h12-13,16-17,21,24-27,31-33,35-37,39,43,52,54H,11,14-15,18-20,22-23H2,1-10H3/t24-,25+,26-,27-,31-,32-,33-,35-,36-,37-,39+,41+,42-/m1/s1. The number of cyclic esters (lactones) is 1. The lowest BCUT2D eigenvalue weighted by Gasteiger charge is -2.47. The largest absolute Gasteiger partial charge is 0.458 e. The third-order valence-electron chi connectivity index (χ3n) is 12.9. The minimum Gasteiger partial charge on any atom is -0.458 e. The summed E-state index contributed by atoms with van der Waals surface area (Å²) in [6, 6.07) is 5.80. The molecule has 0 unspecified atom stereocenters. The Balaban J connectivity index is 1.20. The molecule has 19 nitrogen and oxygen atoms in total. The number of Topliss-reactive ketones (excluding diaryl/α,β-unsaturated/α-hetero) is 1. The van der Waals surface area contributed by atoms with E-state index in [4.69, 9.17) is 23.7 Å². The molecule has 6 rings (SSSR count). The molecule has 0 aliphatic carbocycles. The molecule has 0 saturated carbocycles. The molecule has 3 fully saturated rings. The number of hydrogen-bond donors (Lipinski definition) is 3. The maximum absolute atomic E-state index is 14.3. The average Bonchev–Trinajstić information content (AvgIpc) is 3.92. The van der Waals surface area contributed by atoms with Crippen LogP contribution in [-0.4, -0.2) is 168 Å². The summed E-state index contributed by atoms with van der Waals surface area (Å²) in [5.41, 5.74) is 0.0291. The van der Waals surface area contributed by atoms with Crippen molar-refractivity contribution in [3.8, 4) is 0 Å². The van der Waals surface area contributed by atoms with Crippen molar-refractivity contribution in [3.05, 3.63) is 36.2 Å². The maximum atomic E-state index is 14.3. The summed E-state index contributed by atoms with van der Waals surface area (Å²) in [5, 5.41) is 42.8. The number of aromatic nitrogens is 6. The Morgan fingerprint density at radius 3 is 2.44 bits per heavy atom. The topological polar surface area (TPSA) is 218 Å². The van der Waals surface area contributed by atoms with Gasteiger partial charge >= 0.3 is 12.1 Å². The summed E-state index contributed by atoms with van der Waals surface area (Å²) in [5.74, 6) is -3.35. The van der Waals surface area contributed by atoms with Gasteiger partial charge in [0.2, 0.25) is 0 Å². The fourth-order valence-electron chi connectivity index (χ4n) is 9.76. The smallest absolute Gasteiger partial charge is 0.410 e. The molecular weight excluding hydrogens is 791 g/mol. The number of aryl methyl sites for hydroxylation is 1. The van der Waals surface area contributed by atoms with Crippen LogP contribution in [0, 0.1) is 11.8 Å². The van der Waals surface area contributed by atoms with Gasteiger partial charge in [-0.15, -0.1) is 10.2 Å². The van der Waals surface area contributed by atoms with E-state index < -0.39 is 83.7 Å². The predicted octanol–water partition coefficient (Wildman–Crippen LogP) is 2.16. The van der Waals surface area contributed by atoms with Crippen LogP contribution in [0.4, 0.5) is 4.79 Å². The van der Waals surface area contributed by atoms with Crippen LogP contribution < -0.4 is 5.32 Å². The van der Waals surface area contributed by atoms with Crippen molar-refractivity contribution >= 4 is 28.9 Å². The van der Waals surface area contributed by atoms with Gasteiger partial charge in [-0.3, -0.25) is 19.2 Å². The highest BCUT2D eigenvalue weighted by Crippen LogP contribution is 2.40. The highest BCUT2D eigenvalue weighted by molar-refractivity contribution is 6.00. The molecule has 3 aromatic rings. The number of methoxy groups -OCH3 is 1. The van der Waals surface area contributed by atoms with E-state index in [0.717, 1.165) is 16.7 Å². The number of para-hydroxylation sites is 1. The molecule has 19 heteroatoms. The third kappa shape index (κ3) is 9.62. The van der Waals surface area contributed by atoms with Crippen molar-refractivity contribution in [1.29, 1.82) is 0 Å². The lowest BCUT2D eigenvalue weighted by atomic mass is 9.78. The van der Waals surface area contributed by atoms with E-state index in [1.54, 1.807) is 47.1 Å². The molecule has 3 aliphatic rings. The zero-order valence-corrected chi connectivity index (χ0v) is 37.1. The van der Waals surface area contributed by atoms with E-state index in [1.807, 2.05) is 58.2 Å². The summed E-state index contributed by atoms with van der Waals surface area (Å²) < 4.78 is 34.5. The van der Waals surface area contributed by atoms with Crippen LogP contribution in [0.15, 0.2) is 30.5 Å². The normalized spacial score (nSPS) is 35.6. The fourth-order valence-corrected chi connectivity index (χ4v) is 9.76. The van der Waals surface area contributed by atoms with Crippen LogP contribution in [0.5, 0.6) is 0 Å². The number of hydrogen-bond acceptors (Lipinski definition) is 16. The number of nitrogens with one attached hydrogen (secondary N) is 1. The molecule has 338 valence electrons. The molecule has 1 aromatic carbocycles. The number of rotatable bonds is 12. The molecule has 3 saturated heterocycles. The van der Waals surface area contributed by atoms with E-state index in [-0.39, 0.29) is 18.7 Å². The van der Waals surface area contributed by atoms with E-state index in [0.29, 0.717) is 45.3 Å². The molecule has 1 amide bonds. The molecule has 0 spiro atoms. The molecule has 5 heterocycles. The second-order valence-electron chi connectivity index (χ2n) is 17.7. The van der Waals surface area contributed by atoms with Gasteiger partial charge in [-0.1, -0.05) is 36.4 Å². The number of carbonyl (C=O) groups is 3. The van der Waals surface area contributed by atoms with E-state index in [2.05, 4.69) is 25.9 Å². The Morgan fingerprint density at radius 2 is 1.74 bits per heavy atom. The van der Waals surface area contributed by atoms with Gasteiger partial charge in [0.1, 0.15) is 29.3 Å². The van der Waals surface area contributed by atoms with Crippen LogP contribution in [0.2, 0.25) is 0 Å². The number of ether oxygens (including phenoxy) is 5. The summed E-state index contributed by atoms with van der Waals surface area (Å²) in [7, 11) is 5.01. The monoisotopic (exact) mass is 855 g/mol. The quantitative estimate of drug-likeness (QED) is 0.135. The van der Waals surface area contributed by atoms with E-state index in [9.17, 15) is 24.6 Å². The number of likely N-dealkylation sites (N-methyl/N-ethyl adjacent to an activating group) is 1. The summed E-state index contributed by atoms with van der Waals surface area (Å²) in [6.07, 6.45) is -2.01. The zero-order valence-electron chi connectivity index (χ0n) is 37.1. The van der Waals surface area contributed by atoms with Gasteiger partial charge in [0.15, 0.2) is 17.7 Å². The number of fused-ring (bicyclic) bond motifs is 2. The van der Waals surface area contributed by atoms with Gasteiger partial charge in [-0.2, -0.15) is 0 Å². The Labute approximate surface area is 357 Å². The average molecular weight is 856 g/mol. The number of carbonyl (C=O) groups excluding carboxylic acids is 3. The molecule has 3 aliphatic heterocycles. The van der Waals surface area contributed by atoms with Gasteiger partial charge in [0.25, 0.3) is 0 Å². The van der Waals surface area contributed by atoms with Crippen molar-refractivity contribution in [2.24, 2.45) is 11.8 Å². The van der Waals surface area contributed by atoms with Gasteiger partial charge in [0, 0.05) is 38.2 Å². The van der Waals surface area contributed by atoms with Gasteiger partial charge in [0.05, 0.1) is 54.8 Å². The van der Waals surface area contributed by atoms with Gasteiger partial charge in [-0.05, 0) is 86.5 Å². The second kappa shape index (κ2) is 19.1. The Morgan fingerprint density at radius 1 is 1.02 bits per heavy atom. The molecule has 0 bridgehead atoms. The van der Waals surface area contributed by atoms with E-state index >= 15 is 0 Å². The van der Waals surface area contributed by atoms with Gasteiger partial charge < -0.3 is 44.1 Å². The molecule has 0 radical (unpaired) electrons. The molecule has 61 heavy (non-hydrogen) atoms. The lowest BCUT2D eigenvalue weighted by molar-refractivity contribution is -0.295. The number of esters is 1. The number of amides is 1. The van der Waals surface area contributed by atoms with Gasteiger partial charge in [-0.25, -0.2) is 9.48 Å². The van der Waals surface area contributed by atoms with Crippen LogP contribution >= 0.6 is 0 Å². The highest BCUT2D eigenvalue weighted by Gasteiger charge is 2.59. The number of ketones is 1. The molecule has 2 aromatic heterocycles. The van der Waals surface area contributed by atoms with Crippen molar-refractivity contribution in [2.75, 3.05) is 34.4 Å². The molecule has 13 atom stereocenters. The fraction of sp³-hybridized carbons (Fsp3) is 0.738. The Bertz CT molecular complexity index is 1980.